The maximum absolute atomic E-state index is 11.8. The summed E-state index contributed by atoms with van der Waals surface area (Å²) in [5.41, 5.74) is 0. The van der Waals surface area contributed by atoms with Gasteiger partial charge in [0.15, 0.2) is 0 Å². The van der Waals surface area contributed by atoms with Gasteiger partial charge in [-0.15, -0.1) is 0 Å². The van der Waals surface area contributed by atoms with Gasteiger partial charge in [-0.2, -0.15) is 11.8 Å². The second-order valence-electron chi connectivity index (χ2n) is 3.94. The average Bonchev–Trinajstić information content (AvgIpc) is 2.17. The lowest BCUT2D eigenvalue weighted by atomic mass is 10.1. The Labute approximate surface area is 89.9 Å². The lowest BCUT2D eigenvalue weighted by Gasteiger charge is -2.31. The van der Waals surface area contributed by atoms with Gasteiger partial charge in [0, 0.05) is 24.8 Å². The Morgan fingerprint density at radius 1 is 1.71 bits per heavy atom. The van der Waals surface area contributed by atoms with Crippen LogP contribution >= 0.6 is 11.8 Å². The van der Waals surface area contributed by atoms with E-state index in [9.17, 15) is 9.90 Å². The van der Waals surface area contributed by atoms with E-state index in [0.717, 1.165) is 25.1 Å². The molecule has 1 fully saturated rings. The standard InChI is InChI=1S/C10H19NO2S/c1-8(7-14-2)10(13)11-5-3-4-9(12)6-11/h8-9,12H,3-7H2,1-2H3. The highest BCUT2D eigenvalue weighted by molar-refractivity contribution is 7.98. The third kappa shape index (κ3) is 3.17. The number of hydrogen-bond donors (Lipinski definition) is 1. The van der Waals surface area contributed by atoms with E-state index in [-0.39, 0.29) is 17.9 Å². The number of rotatable bonds is 3. The quantitative estimate of drug-likeness (QED) is 0.766. The highest BCUT2D eigenvalue weighted by Gasteiger charge is 2.25. The van der Waals surface area contributed by atoms with Crippen LogP contribution in [0.5, 0.6) is 0 Å². The first-order chi connectivity index (χ1) is 6.65. The molecule has 1 heterocycles. The van der Waals surface area contributed by atoms with Crippen LogP contribution in [0.2, 0.25) is 0 Å². The summed E-state index contributed by atoms with van der Waals surface area (Å²) in [7, 11) is 0. The first kappa shape index (κ1) is 11.9. The topological polar surface area (TPSA) is 40.5 Å². The van der Waals surface area contributed by atoms with Crippen molar-refractivity contribution < 1.29 is 9.90 Å². The zero-order valence-electron chi connectivity index (χ0n) is 8.90. The minimum absolute atomic E-state index is 0.0790. The maximum atomic E-state index is 11.8. The maximum Gasteiger partial charge on any atom is 0.226 e. The van der Waals surface area contributed by atoms with E-state index in [1.165, 1.54) is 0 Å². The van der Waals surface area contributed by atoms with E-state index >= 15 is 0 Å². The molecule has 1 rings (SSSR count). The highest BCUT2D eigenvalue weighted by atomic mass is 32.2. The molecule has 1 N–H and O–H groups in total. The predicted molar refractivity (Wildman–Crippen MR) is 59.4 cm³/mol. The van der Waals surface area contributed by atoms with Gasteiger partial charge in [0.1, 0.15) is 0 Å². The molecule has 82 valence electrons. The number of aliphatic hydroxyl groups is 1. The summed E-state index contributed by atoms with van der Waals surface area (Å²) >= 11 is 1.69. The number of nitrogens with zero attached hydrogens (tertiary/aromatic N) is 1. The molecule has 0 aliphatic carbocycles. The summed E-state index contributed by atoms with van der Waals surface area (Å²) in [5.74, 6) is 1.14. The fourth-order valence-corrected chi connectivity index (χ4v) is 2.43. The minimum Gasteiger partial charge on any atom is -0.391 e. The summed E-state index contributed by atoms with van der Waals surface area (Å²) in [6, 6.07) is 0. The molecule has 1 saturated heterocycles. The van der Waals surface area contributed by atoms with Gasteiger partial charge < -0.3 is 10.0 Å². The van der Waals surface area contributed by atoms with Gasteiger partial charge in [-0.05, 0) is 19.1 Å². The first-order valence-corrected chi connectivity index (χ1v) is 6.50. The molecule has 0 aromatic heterocycles. The van der Waals surface area contributed by atoms with E-state index in [4.69, 9.17) is 0 Å². The third-order valence-electron chi connectivity index (χ3n) is 2.55. The molecule has 0 bridgehead atoms. The normalized spacial score (nSPS) is 24.8. The lowest BCUT2D eigenvalue weighted by Crippen LogP contribution is -2.44. The molecule has 4 heteroatoms. The Balaban J connectivity index is 2.42. The SMILES string of the molecule is CSCC(C)C(=O)N1CCCC(O)C1. The van der Waals surface area contributed by atoms with Crippen LogP contribution in [0, 0.1) is 5.92 Å². The number of carbonyl (C=O) groups excluding carboxylic acids is 1. The largest absolute Gasteiger partial charge is 0.391 e. The van der Waals surface area contributed by atoms with E-state index in [2.05, 4.69) is 0 Å². The molecule has 1 amide bonds. The van der Waals surface area contributed by atoms with Crippen LogP contribution in [0.3, 0.4) is 0 Å². The van der Waals surface area contributed by atoms with Crippen molar-refractivity contribution in [1.29, 1.82) is 0 Å². The van der Waals surface area contributed by atoms with Crippen LogP contribution < -0.4 is 0 Å². The molecule has 0 aromatic carbocycles. The van der Waals surface area contributed by atoms with Gasteiger partial charge in [-0.3, -0.25) is 4.79 Å². The Morgan fingerprint density at radius 3 is 3.00 bits per heavy atom. The van der Waals surface area contributed by atoms with E-state index < -0.39 is 0 Å². The molecule has 1 aliphatic heterocycles. The Morgan fingerprint density at radius 2 is 2.43 bits per heavy atom. The molecule has 14 heavy (non-hydrogen) atoms. The van der Waals surface area contributed by atoms with Crippen LogP contribution in [-0.4, -0.2) is 47.1 Å². The molecule has 0 radical (unpaired) electrons. The van der Waals surface area contributed by atoms with Crippen LogP contribution in [0.15, 0.2) is 0 Å². The average molecular weight is 217 g/mol. The summed E-state index contributed by atoms with van der Waals surface area (Å²) in [4.78, 5) is 13.6. The Kier molecular flexibility index (Phi) is 4.75. The Hall–Kier alpha value is -0.220. The van der Waals surface area contributed by atoms with Gasteiger partial charge in [-0.25, -0.2) is 0 Å². The number of thioether (sulfide) groups is 1. The van der Waals surface area contributed by atoms with Crippen molar-refractivity contribution in [1.82, 2.24) is 4.90 Å². The van der Waals surface area contributed by atoms with Crippen LogP contribution in [-0.2, 0) is 4.79 Å². The van der Waals surface area contributed by atoms with Gasteiger partial charge in [0.25, 0.3) is 0 Å². The van der Waals surface area contributed by atoms with Gasteiger partial charge >= 0.3 is 0 Å². The molecular formula is C10H19NO2S. The van der Waals surface area contributed by atoms with Gasteiger partial charge in [0.05, 0.1) is 6.10 Å². The van der Waals surface area contributed by atoms with Crippen molar-refractivity contribution in [2.45, 2.75) is 25.9 Å². The van der Waals surface area contributed by atoms with Crippen LogP contribution in [0.1, 0.15) is 19.8 Å². The van der Waals surface area contributed by atoms with E-state index in [1.54, 1.807) is 16.7 Å². The van der Waals surface area contributed by atoms with E-state index in [1.807, 2.05) is 13.2 Å². The molecule has 0 saturated carbocycles. The van der Waals surface area contributed by atoms with Crippen LogP contribution in [0.4, 0.5) is 0 Å². The summed E-state index contributed by atoms with van der Waals surface area (Å²) in [6.45, 7) is 3.30. The highest BCUT2D eigenvalue weighted by Crippen LogP contribution is 2.14. The smallest absolute Gasteiger partial charge is 0.226 e. The molecular weight excluding hydrogens is 198 g/mol. The fourth-order valence-electron chi connectivity index (χ4n) is 1.79. The van der Waals surface area contributed by atoms with Crippen molar-refractivity contribution in [2.75, 3.05) is 25.1 Å². The second-order valence-corrected chi connectivity index (χ2v) is 4.85. The number of piperidine rings is 1. The third-order valence-corrected chi connectivity index (χ3v) is 3.38. The first-order valence-electron chi connectivity index (χ1n) is 5.11. The number of hydrogen-bond acceptors (Lipinski definition) is 3. The number of likely N-dealkylation sites (tertiary alicyclic amines) is 1. The molecule has 2 atom stereocenters. The molecule has 2 unspecified atom stereocenters. The summed E-state index contributed by atoms with van der Waals surface area (Å²) < 4.78 is 0. The summed E-state index contributed by atoms with van der Waals surface area (Å²) in [5, 5.41) is 9.44. The zero-order chi connectivity index (χ0) is 10.6. The number of β-amino-alcohol motifs (C(OH)–C–C–N with tert-alkyl or cyclic N) is 1. The molecule has 0 aromatic rings. The van der Waals surface area contributed by atoms with Crippen LogP contribution in [0.25, 0.3) is 0 Å². The number of carbonyl (C=O) groups is 1. The van der Waals surface area contributed by atoms with Crippen molar-refractivity contribution in [3.63, 3.8) is 0 Å². The van der Waals surface area contributed by atoms with Gasteiger partial charge in [-0.1, -0.05) is 6.92 Å². The number of amides is 1. The monoisotopic (exact) mass is 217 g/mol. The van der Waals surface area contributed by atoms with E-state index in [0.29, 0.717) is 6.54 Å². The Bertz CT molecular complexity index is 199. The summed E-state index contributed by atoms with van der Waals surface area (Å²) in [6.07, 6.45) is 3.46. The van der Waals surface area contributed by atoms with Crippen molar-refractivity contribution >= 4 is 17.7 Å². The number of aliphatic hydroxyl groups excluding tert-OH is 1. The minimum atomic E-state index is -0.311. The van der Waals surface area contributed by atoms with Crippen molar-refractivity contribution in [3.05, 3.63) is 0 Å². The second kappa shape index (κ2) is 5.61. The molecule has 0 spiro atoms. The lowest BCUT2D eigenvalue weighted by molar-refractivity contribution is -0.137. The molecule has 1 aliphatic rings. The van der Waals surface area contributed by atoms with Crippen molar-refractivity contribution in [3.8, 4) is 0 Å². The van der Waals surface area contributed by atoms with Gasteiger partial charge in [0.2, 0.25) is 5.91 Å². The fraction of sp³-hybridized carbons (Fsp3) is 0.900. The zero-order valence-corrected chi connectivity index (χ0v) is 9.72. The van der Waals surface area contributed by atoms with Crippen molar-refractivity contribution in [2.24, 2.45) is 5.92 Å². The molecule has 3 nitrogen and oxygen atoms in total. The predicted octanol–water partition coefficient (Wildman–Crippen LogP) is 0.969.